The summed E-state index contributed by atoms with van der Waals surface area (Å²) in [6, 6.07) is 31.4. The number of nitrogens with one attached hydrogen (secondary N) is 1. The Kier molecular flexibility index (Phi) is 12.0. The lowest BCUT2D eigenvalue weighted by atomic mass is 9.97. The molecule has 4 aromatic carbocycles. The molecule has 260 valence electrons. The van der Waals surface area contributed by atoms with Crippen LogP contribution in [0.1, 0.15) is 53.1 Å². The van der Waals surface area contributed by atoms with Gasteiger partial charge < -0.3 is 29.7 Å². The van der Waals surface area contributed by atoms with Gasteiger partial charge in [-0.25, -0.2) is 4.79 Å². The van der Waals surface area contributed by atoms with Crippen molar-refractivity contribution in [1.82, 2.24) is 10.2 Å². The summed E-state index contributed by atoms with van der Waals surface area (Å²) >= 11 is 1.64. The average Bonchev–Trinajstić information content (AvgIpc) is 3.41. The molecule has 11 heteroatoms. The number of carbonyl (C=O) groups is 3. The van der Waals surface area contributed by atoms with Gasteiger partial charge in [-0.15, -0.1) is 0 Å². The minimum atomic E-state index is -0.991. The number of aliphatic hydroxyl groups is 2. The Morgan fingerprint density at radius 3 is 2.32 bits per heavy atom. The molecule has 2 saturated heterocycles. The molecule has 0 saturated carbocycles. The van der Waals surface area contributed by atoms with Crippen molar-refractivity contribution in [2.45, 2.75) is 57.1 Å². The third kappa shape index (κ3) is 8.79. The number of imide groups is 1. The second-order valence-electron chi connectivity index (χ2n) is 12.2. The number of rotatable bonds is 13. The summed E-state index contributed by atoms with van der Waals surface area (Å²) in [5, 5.41) is 21.3. The molecule has 2 aliphatic heterocycles. The van der Waals surface area contributed by atoms with E-state index < -0.39 is 24.3 Å². The molecular weight excluding hydrogens is 657 g/mol. The van der Waals surface area contributed by atoms with Crippen LogP contribution in [-0.4, -0.2) is 63.3 Å². The summed E-state index contributed by atoms with van der Waals surface area (Å²) in [6.45, 7) is 0.196. The number of nitrogens with zero attached hydrogens (tertiary/aromatic N) is 1. The molecule has 4 aromatic rings. The number of benzene rings is 4. The molecule has 2 heterocycles. The van der Waals surface area contributed by atoms with Gasteiger partial charge in [0, 0.05) is 23.5 Å². The van der Waals surface area contributed by atoms with Crippen LogP contribution >= 0.6 is 11.8 Å². The van der Waals surface area contributed by atoms with E-state index in [-0.39, 0.29) is 50.9 Å². The second kappa shape index (κ2) is 16.9. The van der Waals surface area contributed by atoms with E-state index >= 15 is 0 Å². The zero-order valence-electron chi connectivity index (χ0n) is 27.5. The fourth-order valence-corrected chi connectivity index (χ4v) is 6.87. The van der Waals surface area contributed by atoms with Crippen molar-refractivity contribution in [2.24, 2.45) is 0 Å². The van der Waals surface area contributed by atoms with Crippen LogP contribution in [0.25, 0.3) is 11.1 Å². The number of amides is 3. The lowest BCUT2D eigenvalue weighted by Gasteiger charge is -2.36. The maximum atomic E-state index is 13.3. The third-order valence-corrected chi connectivity index (χ3v) is 9.82. The Morgan fingerprint density at radius 2 is 1.58 bits per heavy atom. The summed E-state index contributed by atoms with van der Waals surface area (Å²) < 4.78 is 18.1. The van der Waals surface area contributed by atoms with Gasteiger partial charge in [0.15, 0.2) is 6.29 Å². The molecule has 3 amide bonds. The predicted octanol–water partition coefficient (Wildman–Crippen LogP) is 5.67. The number of thioether (sulfide) groups is 1. The fraction of sp³-hybridized carbons (Fsp3) is 0.308. The number of ether oxygens (including phenoxy) is 3. The van der Waals surface area contributed by atoms with Crippen LogP contribution in [0.3, 0.4) is 0 Å². The molecule has 0 aliphatic carbocycles. The van der Waals surface area contributed by atoms with Gasteiger partial charge in [0.1, 0.15) is 12.6 Å². The topological polar surface area (TPSA) is 135 Å². The summed E-state index contributed by atoms with van der Waals surface area (Å²) in [5.74, 6) is 0.502. The molecule has 4 unspecified atom stereocenters. The predicted molar refractivity (Wildman–Crippen MR) is 188 cm³/mol. The van der Waals surface area contributed by atoms with Crippen molar-refractivity contribution < 1.29 is 38.8 Å². The van der Waals surface area contributed by atoms with Crippen LogP contribution in [0.5, 0.6) is 0 Å². The number of hydrogen-bond acceptors (Lipinski definition) is 9. The zero-order chi connectivity index (χ0) is 34.9. The fourth-order valence-electron chi connectivity index (χ4n) is 6.10. The van der Waals surface area contributed by atoms with Crippen LogP contribution in [0.15, 0.2) is 103 Å². The standard InChI is InChI=1S/C39H40N2O8S/c42-18-19-50-25-32-20-35(29-12-10-26(23-43)11-13-29)49-38(48-32)30-16-14-28(15-17-30)33-9-5-4-8-31(33)22-41-36(44)21-34(37(41)45)40-39(46)47-24-27-6-2-1-3-7-27/h1-17,32,34-35,38,42-43H,18-25H2,(H,40,46). The average molecular weight is 697 g/mol. The summed E-state index contributed by atoms with van der Waals surface area (Å²) in [7, 11) is 0. The van der Waals surface area contributed by atoms with Gasteiger partial charge in [0.05, 0.1) is 38.4 Å². The first kappa shape index (κ1) is 35.3. The smallest absolute Gasteiger partial charge is 0.408 e. The van der Waals surface area contributed by atoms with Crippen molar-refractivity contribution in [2.75, 3.05) is 18.1 Å². The molecule has 6 rings (SSSR count). The van der Waals surface area contributed by atoms with Crippen LogP contribution < -0.4 is 5.32 Å². The maximum Gasteiger partial charge on any atom is 0.408 e. The van der Waals surface area contributed by atoms with Crippen molar-refractivity contribution in [3.63, 3.8) is 0 Å². The Morgan fingerprint density at radius 1 is 0.860 bits per heavy atom. The first-order valence-corrected chi connectivity index (χ1v) is 17.8. The number of alkyl carbamates (subject to hydrolysis) is 1. The minimum absolute atomic E-state index is 0.0260. The molecule has 4 atom stereocenters. The number of aliphatic hydroxyl groups excluding tert-OH is 2. The van der Waals surface area contributed by atoms with E-state index in [2.05, 4.69) is 5.32 Å². The van der Waals surface area contributed by atoms with Crippen LogP contribution in [0.4, 0.5) is 4.79 Å². The van der Waals surface area contributed by atoms with Crippen LogP contribution in [-0.2, 0) is 43.6 Å². The van der Waals surface area contributed by atoms with E-state index in [1.165, 1.54) is 4.90 Å². The summed E-state index contributed by atoms with van der Waals surface area (Å²) in [5.41, 5.74) is 6.04. The molecular formula is C39H40N2O8S. The highest BCUT2D eigenvalue weighted by Gasteiger charge is 2.40. The van der Waals surface area contributed by atoms with Gasteiger partial charge in [0.2, 0.25) is 5.91 Å². The first-order valence-electron chi connectivity index (χ1n) is 16.6. The molecule has 2 aliphatic rings. The lowest BCUT2D eigenvalue weighted by Crippen LogP contribution is -2.41. The van der Waals surface area contributed by atoms with Gasteiger partial charge in [0.25, 0.3) is 5.91 Å². The normalized spacial score (nSPS) is 20.6. The molecule has 0 aromatic heterocycles. The molecule has 50 heavy (non-hydrogen) atoms. The summed E-state index contributed by atoms with van der Waals surface area (Å²) in [4.78, 5) is 39.8. The quantitative estimate of drug-likeness (QED) is 0.119. The van der Waals surface area contributed by atoms with E-state index in [1.54, 1.807) is 11.8 Å². The lowest BCUT2D eigenvalue weighted by molar-refractivity contribution is -0.245. The van der Waals surface area contributed by atoms with Gasteiger partial charge >= 0.3 is 6.09 Å². The van der Waals surface area contributed by atoms with E-state index in [4.69, 9.17) is 14.2 Å². The Labute approximate surface area is 295 Å². The largest absolute Gasteiger partial charge is 0.445 e. The molecule has 10 nitrogen and oxygen atoms in total. The molecule has 0 spiro atoms. The Bertz CT molecular complexity index is 1750. The van der Waals surface area contributed by atoms with Crippen molar-refractivity contribution in [3.8, 4) is 11.1 Å². The van der Waals surface area contributed by atoms with E-state index in [9.17, 15) is 24.6 Å². The number of carbonyl (C=O) groups excluding carboxylic acids is 3. The molecule has 2 fully saturated rings. The van der Waals surface area contributed by atoms with Crippen molar-refractivity contribution >= 4 is 29.7 Å². The molecule has 0 bridgehead atoms. The maximum absolute atomic E-state index is 13.3. The molecule has 0 radical (unpaired) electrons. The highest BCUT2D eigenvalue weighted by Crippen LogP contribution is 2.39. The third-order valence-electron chi connectivity index (χ3n) is 8.74. The summed E-state index contributed by atoms with van der Waals surface area (Å²) in [6.07, 6.45) is -1.14. The van der Waals surface area contributed by atoms with Gasteiger partial charge in [-0.05, 0) is 33.4 Å². The number of likely N-dealkylation sites (tertiary alicyclic amines) is 1. The van der Waals surface area contributed by atoms with E-state index in [1.807, 2.05) is 103 Å². The van der Waals surface area contributed by atoms with E-state index in [0.29, 0.717) is 12.2 Å². The van der Waals surface area contributed by atoms with E-state index in [0.717, 1.165) is 44.7 Å². The highest BCUT2D eigenvalue weighted by atomic mass is 32.2. The second-order valence-corrected chi connectivity index (χ2v) is 13.4. The highest BCUT2D eigenvalue weighted by molar-refractivity contribution is 7.99. The minimum Gasteiger partial charge on any atom is -0.445 e. The van der Waals surface area contributed by atoms with Crippen LogP contribution in [0, 0.1) is 0 Å². The first-order chi connectivity index (χ1) is 24.4. The van der Waals surface area contributed by atoms with Crippen molar-refractivity contribution in [3.05, 3.63) is 131 Å². The molecule has 3 N–H and O–H groups in total. The number of hydrogen-bond donors (Lipinski definition) is 3. The monoisotopic (exact) mass is 696 g/mol. The SMILES string of the molecule is O=C(NC1CC(=O)N(Cc2ccccc2-c2ccc(C3OC(CSCCO)CC(c4ccc(CO)cc4)O3)cc2)C1=O)OCc1ccccc1. The Hall–Kier alpha value is -4.52. The van der Waals surface area contributed by atoms with Crippen molar-refractivity contribution in [1.29, 1.82) is 0 Å². The van der Waals surface area contributed by atoms with Crippen LogP contribution in [0.2, 0.25) is 0 Å². The van der Waals surface area contributed by atoms with Gasteiger partial charge in [-0.3, -0.25) is 14.5 Å². The van der Waals surface area contributed by atoms with Gasteiger partial charge in [-0.1, -0.05) is 103 Å². The zero-order valence-corrected chi connectivity index (χ0v) is 28.3. The van der Waals surface area contributed by atoms with Gasteiger partial charge in [-0.2, -0.15) is 11.8 Å². The Balaban J connectivity index is 1.12.